The molecule has 0 radical (unpaired) electrons. The van der Waals surface area contributed by atoms with Gasteiger partial charge in [-0.2, -0.15) is 0 Å². The number of aromatic carboxylic acids is 2. The zero-order valence-electron chi connectivity index (χ0n) is 16.8. The summed E-state index contributed by atoms with van der Waals surface area (Å²) in [5.41, 5.74) is -0.488. The molecule has 2 N–H and O–H groups in total. The molecular weight excluding hydrogens is 484 g/mol. The van der Waals surface area contributed by atoms with Gasteiger partial charge in [-0.3, -0.25) is 19.8 Å². The first kappa shape index (κ1) is 22.9. The number of carbonyl (C=O) groups excluding carboxylic acids is 1. The van der Waals surface area contributed by atoms with Crippen LogP contribution >= 0.6 is 24.0 Å². The van der Waals surface area contributed by atoms with Crippen LogP contribution in [0.15, 0.2) is 63.9 Å². The molecule has 0 atom stereocenters. The molecule has 2 aromatic carbocycles. The standard InChI is InChI=1S/C22H12N2O8S2/c25-19-18(10-14-5-6-17(32-14)15-3-1-2-4-16(15)24(30)31)34-22(33)23(19)13-8-11(20(26)27)7-12(9-13)21(28)29/h1-10H,(H,26,27)(H,28,29)/b18-10+. The number of nitro benzene ring substituents is 1. The predicted molar refractivity (Wildman–Crippen MR) is 127 cm³/mol. The largest absolute Gasteiger partial charge is 0.478 e. The maximum atomic E-state index is 13.0. The Labute approximate surface area is 200 Å². The maximum Gasteiger partial charge on any atom is 0.335 e. The van der Waals surface area contributed by atoms with Crippen molar-refractivity contribution in [3.8, 4) is 11.3 Å². The highest BCUT2D eigenvalue weighted by Crippen LogP contribution is 2.38. The highest BCUT2D eigenvalue weighted by Gasteiger charge is 2.34. The molecule has 1 amide bonds. The molecular formula is C22H12N2O8S2. The molecule has 1 saturated heterocycles. The molecule has 1 fully saturated rings. The molecule has 4 rings (SSSR count). The van der Waals surface area contributed by atoms with E-state index in [1.54, 1.807) is 6.07 Å². The number of benzene rings is 2. The number of para-hydroxylation sites is 1. The molecule has 12 heteroatoms. The lowest BCUT2D eigenvalue weighted by Crippen LogP contribution is -2.28. The van der Waals surface area contributed by atoms with E-state index in [0.29, 0.717) is 0 Å². The van der Waals surface area contributed by atoms with Gasteiger partial charge in [0.25, 0.3) is 11.6 Å². The van der Waals surface area contributed by atoms with Gasteiger partial charge in [0.05, 0.1) is 32.2 Å². The lowest BCUT2D eigenvalue weighted by molar-refractivity contribution is -0.384. The molecule has 10 nitrogen and oxygen atoms in total. The molecule has 0 unspecified atom stereocenters. The Bertz CT molecular complexity index is 1390. The van der Waals surface area contributed by atoms with Crippen molar-refractivity contribution in [2.75, 3.05) is 4.90 Å². The van der Waals surface area contributed by atoms with Crippen LogP contribution in [-0.2, 0) is 4.79 Å². The minimum absolute atomic E-state index is 0.00300. The topological polar surface area (TPSA) is 151 Å². The lowest BCUT2D eigenvalue weighted by Gasteiger charge is -2.16. The summed E-state index contributed by atoms with van der Waals surface area (Å²) in [6, 6.07) is 12.4. The fourth-order valence-corrected chi connectivity index (χ4v) is 4.50. The molecule has 0 saturated carbocycles. The van der Waals surface area contributed by atoms with E-state index in [1.807, 2.05) is 0 Å². The molecule has 170 valence electrons. The quantitative estimate of drug-likeness (QED) is 0.213. The van der Waals surface area contributed by atoms with E-state index < -0.39 is 22.8 Å². The predicted octanol–water partition coefficient (Wildman–Crippen LogP) is 4.66. The summed E-state index contributed by atoms with van der Waals surface area (Å²) in [6.07, 6.45) is 1.40. The van der Waals surface area contributed by atoms with E-state index in [9.17, 15) is 34.7 Å². The molecule has 0 bridgehead atoms. The fourth-order valence-electron chi connectivity index (χ4n) is 3.22. The van der Waals surface area contributed by atoms with E-state index in [4.69, 9.17) is 16.6 Å². The zero-order valence-corrected chi connectivity index (χ0v) is 18.5. The average Bonchev–Trinajstić information content (AvgIpc) is 3.37. The van der Waals surface area contributed by atoms with Crippen molar-refractivity contribution in [2.24, 2.45) is 0 Å². The van der Waals surface area contributed by atoms with Gasteiger partial charge < -0.3 is 14.6 Å². The third-order valence-corrected chi connectivity index (χ3v) is 6.03. The summed E-state index contributed by atoms with van der Waals surface area (Å²) in [5, 5.41) is 29.8. The van der Waals surface area contributed by atoms with Crippen molar-refractivity contribution in [3.05, 3.63) is 86.5 Å². The number of carboxylic acids is 2. The Kier molecular flexibility index (Phi) is 6.01. The van der Waals surface area contributed by atoms with Crippen LogP contribution in [-0.4, -0.2) is 37.3 Å². The molecule has 2 heterocycles. The summed E-state index contributed by atoms with van der Waals surface area (Å²) in [4.78, 5) is 47.7. The van der Waals surface area contributed by atoms with Gasteiger partial charge >= 0.3 is 11.9 Å². The van der Waals surface area contributed by atoms with Gasteiger partial charge in [-0.15, -0.1) is 0 Å². The Morgan fingerprint density at radius 1 is 1.06 bits per heavy atom. The number of thioether (sulfide) groups is 1. The molecule has 1 aliphatic heterocycles. The van der Waals surface area contributed by atoms with Gasteiger partial charge in [0.1, 0.15) is 11.5 Å². The second kappa shape index (κ2) is 8.92. The summed E-state index contributed by atoms with van der Waals surface area (Å²) < 4.78 is 5.75. The van der Waals surface area contributed by atoms with Crippen molar-refractivity contribution >= 4 is 63.6 Å². The third kappa shape index (κ3) is 4.31. The van der Waals surface area contributed by atoms with Crippen LogP contribution in [0.4, 0.5) is 11.4 Å². The second-order valence-corrected chi connectivity index (χ2v) is 8.55. The van der Waals surface area contributed by atoms with Gasteiger partial charge in [0.15, 0.2) is 4.32 Å². The number of anilines is 1. The smallest absolute Gasteiger partial charge is 0.335 e. The summed E-state index contributed by atoms with van der Waals surface area (Å²) >= 11 is 6.18. The number of amides is 1. The first-order valence-corrected chi connectivity index (χ1v) is 10.6. The van der Waals surface area contributed by atoms with Crippen molar-refractivity contribution in [3.63, 3.8) is 0 Å². The van der Waals surface area contributed by atoms with Gasteiger partial charge in [0, 0.05) is 12.1 Å². The Balaban J connectivity index is 1.67. The van der Waals surface area contributed by atoms with Crippen LogP contribution in [0.3, 0.4) is 0 Å². The SMILES string of the molecule is O=C(O)c1cc(C(=O)O)cc(N2C(=O)/C(=C\c3ccc(-c4ccccc4[N+](=O)[O-])o3)SC2=S)c1. The van der Waals surface area contributed by atoms with Gasteiger partial charge in [-0.05, 0) is 36.4 Å². The first-order chi connectivity index (χ1) is 16.2. The maximum absolute atomic E-state index is 13.0. The Morgan fingerprint density at radius 2 is 1.71 bits per heavy atom. The molecule has 1 aromatic heterocycles. The number of hydrogen-bond acceptors (Lipinski definition) is 8. The Hall–Kier alpha value is -4.29. The number of nitrogens with zero attached hydrogens (tertiary/aromatic N) is 2. The van der Waals surface area contributed by atoms with Crippen molar-refractivity contribution in [1.82, 2.24) is 0 Å². The number of carboxylic acid groups (broad SMARTS) is 2. The Morgan fingerprint density at radius 3 is 2.32 bits per heavy atom. The van der Waals surface area contributed by atoms with Crippen molar-refractivity contribution < 1.29 is 33.9 Å². The minimum atomic E-state index is -1.36. The van der Waals surface area contributed by atoms with Crippen LogP contribution in [0.5, 0.6) is 0 Å². The highest BCUT2D eigenvalue weighted by atomic mass is 32.2. The normalized spacial score (nSPS) is 14.6. The molecule has 1 aliphatic rings. The first-order valence-electron chi connectivity index (χ1n) is 9.39. The molecule has 0 aliphatic carbocycles. The van der Waals surface area contributed by atoms with E-state index in [1.165, 1.54) is 36.4 Å². The number of hydrogen-bond donors (Lipinski definition) is 2. The second-order valence-electron chi connectivity index (χ2n) is 6.87. The number of thiocarbonyl (C=S) groups is 1. The average molecular weight is 496 g/mol. The van der Waals surface area contributed by atoms with Crippen molar-refractivity contribution in [1.29, 1.82) is 0 Å². The van der Waals surface area contributed by atoms with Crippen LogP contribution in [0.25, 0.3) is 17.4 Å². The number of furan rings is 1. The van der Waals surface area contributed by atoms with Crippen molar-refractivity contribution in [2.45, 2.75) is 0 Å². The van der Waals surface area contributed by atoms with Crippen LogP contribution in [0, 0.1) is 10.1 Å². The van der Waals surface area contributed by atoms with E-state index in [-0.39, 0.29) is 48.8 Å². The van der Waals surface area contributed by atoms with E-state index >= 15 is 0 Å². The van der Waals surface area contributed by atoms with E-state index in [0.717, 1.165) is 34.9 Å². The number of carbonyl (C=O) groups is 3. The summed E-state index contributed by atoms with van der Waals surface area (Å²) in [6.45, 7) is 0. The molecule has 34 heavy (non-hydrogen) atoms. The molecule has 3 aromatic rings. The number of rotatable bonds is 6. The number of nitro groups is 1. The van der Waals surface area contributed by atoms with Gasteiger partial charge in [0.2, 0.25) is 0 Å². The lowest BCUT2D eigenvalue weighted by atomic mass is 10.1. The third-order valence-electron chi connectivity index (χ3n) is 4.73. The van der Waals surface area contributed by atoms with Crippen LogP contribution < -0.4 is 4.90 Å². The minimum Gasteiger partial charge on any atom is -0.478 e. The van der Waals surface area contributed by atoms with E-state index in [2.05, 4.69) is 0 Å². The zero-order chi connectivity index (χ0) is 24.6. The van der Waals surface area contributed by atoms with Gasteiger partial charge in [-0.1, -0.05) is 36.1 Å². The monoisotopic (exact) mass is 496 g/mol. The van der Waals surface area contributed by atoms with Crippen LogP contribution in [0.1, 0.15) is 26.5 Å². The summed E-state index contributed by atoms with van der Waals surface area (Å²) in [7, 11) is 0. The fraction of sp³-hybridized carbons (Fsp3) is 0. The summed E-state index contributed by atoms with van der Waals surface area (Å²) in [5.74, 6) is -2.85. The highest BCUT2D eigenvalue weighted by molar-refractivity contribution is 8.27. The van der Waals surface area contributed by atoms with Crippen LogP contribution in [0.2, 0.25) is 0 Å². The molecule has 0 spiro atoms. The van der Waals surface area contributed by atoms with Gasteiger partial charge in [-0.25, -0.2) is 9.59 Å².